The van der Waals surface area contributed by atoms with Crippen LogP contribution in [0, 0.1) is 0 Å². The molecule has 1 unspecified atom stereocenters. The zero-order chi connectivity index (χ0) is 8.27. The van der Waals surface area contributed by atoms with Crippen LogP contribution in [0.15, 0.2) is 22.9 Å². The molecule has 11 heavy (non-hydrogen) atoms. The fourth-order valence-electron chi connectivity index (χ4n) is 0.787. The molecule has 0 amide bonds. The Morgan fingerprint density at radius 3 is 2.82 bits per heavy atom. The molecule has 0 fully saturated rings. The van der Waals surface area contributed by atoms with Crippen LogP contribution >= 0.6 is 31.9 Å². The topological polar surface area (TPSA) is 12.9 Å². The third kappa shape index (κ3) is 2.56. The number of hydrogen-bond donors (Lipinski definition) is 0. The second-order valence-corrected chi connectivity index (χ2v) is 4.05. The minimum absolute atomic E-state index is 0.528. The molecule has 1 atom stereocenters. The van der Waals surface area contributed by atoms with Gasteiger partial charge in [-0.3, -0.25) is 4.98 Å². The highest BCUT2D eigenvalue weighted by molar-refractivity contribution is 9.10. The number of nitrogens with zero attached hydrogens (tertiary/aromatic N) is 1. The van der Waals surface area contributed by atoms with Gasteiger partial charge in [0.2, 0.25) is 0 Å². The lowest BCUT2D eigenvalue weighted by atomic mass is 10.1. The van der Waals surface area contributed by atoms with Crippen molar-refractivity contribution in [2.24, 2.45) is 0 Å². The second-order valence-electron chi connectivity index (χ2n) is 2.49. The first kappa shape index (κ1) is 9.20. The Labute approximate surface area is 83.5 Å². The molecule has 3 heteroatoms. The van der Waals surface area contributed by atoms with E-state index in [0.29, 0.717) is 5.92 Å². The van der Waals surface area contributed by atoms with Crippen LogP contribution in [-0.4, -0.2) is 10.3 Å². The lowest BCUT2D eigenvalue weighted by molar-refractivity contribution is 0.877. The molecule has 0 N–H and O–H groups in total. The third-order valence-electron chi connectivity index (χ3n) is 1.53. The fraction of sp³-hybridized carbons (Fsp3) is 0.375. The molecule has 0 spiro atoms. The molecule has 0 aromatic carbocycles. The van der Waals surface area contributed by atoms with E-state index in [2.05, 4.69) is 49.8 Å². The summed E-state index contributed by atoms with van der Waals surface area (Å²) in [5.74, 6) is 0.528. The average Bonchev–Trinajstić information content (AvgIpc) is 2.03. The van der Waals surface area contributed by atoms with E-state index in [0.717, 1.165) is 9.80 Å². The number of pyridine rings is 1. The van der Waals surface area contributed by atoms with Crippen LogP contribution in [0.1, 0.15) is 18.4 Å². The van der Waals surface area contributed by atoms with Gasteiger partial charge in [0.15, 0.2) is 0 Å². The van der Waals surface area contributed by atoms with Crippen LogP contribution in [0.5, 0.6) is 0 Å². The van der Waals surface area contributed by atoms with Gasteiger partial charge in [0, 0.05) is 22.2 Å². The molecule has 0 bridgehead atoms. The maximum absolute atomic E-state index is 4.09. The smallest absolute Gasteiger partial charge is 0.0410 e. The zero-order valence-electron chi connectivity index (χ0n) is 6.22. The molecule has 1 rings (SSSR count). The summed E-state index contributed by atoms with van der Waals surface area (Å²) in [6.45, 7) is 2.16. The highest BCUT2D eigenvalue weighted by Crippen LogP contribution is 2.19. The van der Waals surface area contributed by atoms with Crippen molar-refractivity contribution in [3.63, 3.8) is 0 Å². The van der Waals surface area contributed by atoms with Gasteiger partial charge in [-0.05, 0) is 33.5 Å². The van der Waals surface area contributed by atoms with Crippen molar-refractivity contribution in [1.82, 2.24) is 4.98 Å². The summed E-state index contributed by atoms with van der Waals surface area (Å²) in [4.78, 5) is 4.09. The van der Waals surface area contributed by atoms with E-state index >= 15 is 0 Å². The Kier molecular flexibility index (Phi) is 3.52. The van der Waals surface area contributed by atoms with Gasteiger partial charge in [0.05, 0.1) is 0 Å². The van der Waals surface area contributed by atoms with Crippen LogP contribution in [0.4, 0.5) is 0 Å². The van der Waals surface area contributed by atoms with Crippen molar-refractivity contribution in [2.75, 3.05) is 5.33 Å². The first-order valence-corrected chi connectivity index (χ1v) is 5.32. The maximum Gasteiger partial charge on any atom is 0.0410 e. The molecular formula is C8H9Br2N. The Morgan fingerprint density at radius 1 is 1.55 bits per heavy atom. The molecule has 1 nitrogen and oxygen atoms in total. The van der Waals surface area contributed by atoms with E-state index in [1.165, 1.54) is 5.56 Å². The van der Waals surface area contributed by atoms with E-state index in [-0.39, 0.29) is 0 Å². The minimum Gasteiger partial charge on any atom is -0.263 e. The number of aromatic nitrogens is 1. The standard InChI is InChI=1S/C8H9Br2N/c1-6(3-9)7-2-8(10)5-11-4-7/h2,4-6H,3H2,1H3. The van der Waals surface area contributed by atoms with Crippen molar-refractivity contribution in [3.8, 4) is 0 Å². The molecule has 0 saturated carbocycles. The number of hydrogen-bond acceptors (Lipinski definition) is 1. The zero-order valence-corrected chi connectivity index (χ0v) is 9.39. The van der Waals surface area contributed by atoms with Crippen molar-refractivity contribution >= 4 is 31.9 Å². The summed E-state index contributed by atoms with van der Waals surface area (Å²) in [6, 6.07) is 2.10. The summed E-state index contributed by atoms with van der Waals surface area (Å²) < 4.78 is 1.04. The van der Waals surface area contributed by atoms with Crippen molar-refractivity contribution in [3.05, 3.63) is 28.5 Å². The van der Waals surface area contributed by atoms with Gasteiger partial charge < -0.3 is 0 Å². The van der Waals surface area contributed by atoms with Crippen LogP contribution in [0.3, 0.4) is 0 Å². The fourth-order valence-corrected chi connectivity index (χ4v) is 1.54. The molecule has 0 radical (unpaired) electrons. The summed E-state index contributed by atoms with van der Waals surface area (Å²) in [6.07, 6.45) is 3.70. The molecule has 1 heterocycles. The van der Waals surface area contributed by atoms with Crippen molar-refractivity contribution in [2.45, 2.75) is 12.8 Å². The van der Waals surface area contributed by atoms with Gasteiger partial charge >= 0.3 is 0 Å². The SMILES string of the molecule is CC(CBr)c1cncc(Br)c1. The van der Waals surface area contributed by atoms with Gasteiger partial charge in [-0.25, -0.2) is 0 Å². The van der Waals surface area contributed by atoms with Gasteiger partial charge in [0.25, 0.3) is 0 Å². The number of halogens is 2. The number of rotatable bonds is 2. The first-order valence-electron chi connectivity index (χ1n) is 3.40. The third-order valence-corrected chi connectivity index (χ3v) is 2.93. The normalized spacial score (nSPS) is 13.0. The summed E-state index contributed by atoms with van der Waals surface area (Å²) in [5, 5.41) is 0.977. The molecule has 1 aromatic rings. The Hall–Kier alpha value is 0.110. The minimum atomic E-state index is 0.528. The highest BCUT2D eigenvalue weighted by Gasteiger charge is 2.03. The molecule has 60 valence electrons. The lowest BCUT2D eigenvalue weighted by Crippen LogP contribution is -1.94. The predicted octanol–water partition coefficient (Wildman–Crippen LogP) is 3.34. The van der Waals surface area contributed by atoms with Gasteiger partial charge in [-0.15, -0.1) is 0 Å². The largest absolute Gasteiger partial charge is 0.263 e. The maximum atomic E-state index is 4.09. The first-order chi connectivity index (χ1) is 5.24. The summed E-state index contributed by atoms with van der Waals surface area (Å²) in [5.41, 5.74) is 1.26. The van der Waals surface area contributed by atoms with E-state index in [1.54, 1.807) is 6.20 Å². The molecule has 0 aliphatic rings. The number of alkyl halides is 1. The van der Waals surface area contributed by atoms with Crippen molar-refractivity contribution < 1.29 is 0 Å². The van der Waals surface area contributed by atoms with E-state index in [4.69, 9.17) is 0 Å². The highest BCUT2D eigenvalue weighted by atomic mass is 79.9. The molecule has 0 aliphatic carbocycles. The van der Waals surface area contributed by atoms with Crippen LogP contribution in [-0.2, 0) is 0 Å². The van der Waals surface area contributed by atoms with Crippen LogP contribution in [0.2, 0.25) is 0 Å². The summed E-state index contributed by atoms with van der Waals surface area (Å²) in [7, 11) is 0. The molecule has 0 aliphatic heterocycles. The Bertz CT molecular complexity index is 237. The Morgan fingerprint density at radius 2 is 2.27 bits per heavy atom. The summed E-state index contributed by atoms with van der Waals surface area (Å²) >= 11 is 6.81. The van der Waals surface area contributed by atoms with Gasteiger partial charge in [-0.2, -0.15) is 0 Å². The monoisotopic (exact) mass is 277 g/mol. The lowest BCUT2D eigenvalue weighted by Gasteiger charge is -2.06. The molecule has 1 aromatic heterocycles. The predicted molar refractivity (Wildman–Crippen MR) is 54.1 cm³/mol. The van der Waals surface area contributed by atoms with Gasteiger partial charge in [0.1, 0.15) is 0 Å². The van der Waals surface area contributed by atoms with Crippen molar-refractivity contribution in [1.29, 1.82) is 0 Å². The molecular weight excluding hydrogens is 270 g/mol. The van der Waals surface area contributed by atoms with Crippen LogP contribution in [0.25, 0.3) is 0 Å². The Balaban J connectivity index is 2.86. The van der Waals surface area contributed by atoms with E-state index in [1.807, 2.05) is 6.20 Å². The quantitative estimate of drug-likeness (QED) is 0.756. The molecule has 0 saturated heterocycles. The van der Waals surface area contributed by atoms with E-state index < -0.39 is 0 Å². The second kappa shape index (κ2) is 4.21. The van der Waals surface area contributed by atoms with Crippen LogP contribution < -0.4 is 0 Å². The van der Waals surface area contributed by atoms with E-state index in [9.17, 15) is 0 Å². The van der Waals surface area contributed by atoms with Gasteiger partial charge in [-0.1, -0.05) is 22.9 Å². The average molecular weight is 279 g/mol.